The summed E-state index contributed by atoms with van der Waals surface area (Å²) in [7, 11) is 0. The van der Waals surface area contributed by atoms with E-state index < -0.39 is 5.97 Å². The molecule has 0 aliphatic heterocycles. The van der Waals surface area contributed by atoms with Gasteiger partial charge in [-0.15, -0.1) is 0 Å². The minimum absolute atomic E-state index is 0.0238. The number of amides is 1. The average molecular weight is 395 g/mol. The molecule has 5 heteroatoms. The maximum atomic E-state index is 12.2. The molecule has 0 spiro atoms. The van der Waals surface area contributed by atoms with Gasteiger partial charge in [0.05, 0.1) is 12.0 Å². The van der Waals surface area contributed by atoms with Crippen LogP contribution in [0, 0.1) is 10.5 Å². The van der Waals surface area contributed by atoms with Crippen LogP contribution in [0.5, 0.6) is 0 Å². The monoisotopic (exact) mass is 395 g/mol. The van der Waals surface area contributed by atoms with Crippen LogP contribution >= 0.6 is 22.6 Å². The zero-order valence-electron chi connectivity index (χ0n) is 11.4. The van der Waals surface area contributed by atoms with Crippen LogP contribution in [0.1, 0.15) is 21.5 Å². The Bertz CT molecular complexity index is 680. The number of benzene rings is 2. The van der Waals surface area contributed by atoms with E-state index in [0.29, 0.717) is 16.8 Å². The molecule has 0 saturated heterocycles. The number of carboxylic acid groups (broad SMARTS) is 1. The zero-order valence-corrected chi connectivity index (χ0v) is 13.5. The van der Waals surface area contributed by atoms with Crippen LogP contribution in [0.3, 0.4) is 0 Å². The molecule has 2 aromatic rings. The lowest BCUT2D eigenvalue weighted by molar-refractivity contribution is -0.136. The first-order chi connectivity index (χ1) is 9.97. The summed E-state index contributed by atoms with van der Waals surface area (Å²) in [5.74, 6) is -1.05. The Balaban J connectivity index is 2.12. The van der Waals surface area contributed by atoms with Crippen LogP contribution in [-0.2, 0) is 11.2 Å². The Hall–Kier alpha value is -1.89. The maximum Gasteiger partial charge on any atom is 0.307 e. The van der Waals surface area contributed by atoms with E-state index in [-0.39, 0.29) is 12.3 Å². The number of aliphatic carboxylic acids is 1. The second-order valence-electron chi connectivity index (χ2n) is 4.66. The second-order valence-corrected chi connectivity index (χ2v) is 5.74. The lowest BCUT2D eigenvalue weighted by Gasteiger charge is -2.09. The van der Waals surface area contributed by atoms with Gasteiger partial charge < -0.3 is 10.4 Å². The molecule has 21 heavy (non-hydrogen) atoms. The molecule has 0 aliphatic carbocycles. The van der Waals surface area contributed by atoms with Crippen LogP contribution in [0.25, 0.3) is 0 Å². The van der Waals surface area contributed by atoms with Crippen molar-refractivity contribution in [2.24, 2.45) is 0 Å². The van der Waals surface area contributed by atoms with E-state index in [9.17, 15) is 9.59 Å². The summed E-state index contributed by atoms with van der Waals surface area (Å²) in [6.07, 6.45) is -0.0238. The van der Waals surface area contributed by atoms with Crippen LogP contribution in [0.15, 0.2) is 42.5 Å². The summed E-state index contributed by atoms with van der Waals surface area (Å²) in [6.45, 7) is 1.96. The highest BCUT2D eigenvalue weighted by Gasteiger charge is 2.11. The first kappa shape index (κ1) is 15.5. The van der Waals surface area contributed by atoms with Crippen molar-refractivity contribution in [2.45, 2.75) is 13.3 Å². The lowest BCUT2D eigenvalue weighted by Crippen LogP contribution is -2.14. The number of anilines is 1. The molecule has 0 atom stereocenters. The molecule has 0 unspecified atom stereocenters. The Morgan fingerprint density at radius 3 is 2.43 bits per heavy atom. The van der Waals surface area contributed by atoms with E-state index >= 15 is 0 Å². The Morgan fingerprint density at radius 1 is 1.14 bits per heavy atom. The highest BCUT2D eigenvalue weighted by molar-refractivity contribution is 14.1. The van der Waals surface area contributed by atoms with Gasteiger partial charge in [-0.3, -0.25) is 9.59 Å². The van der Waals surface area contributed by atoms with E-state index in [2.05, 4.69) is 27.9 Å². The molecule has 108 valence electrons. The summed E-state index contributed by atoms with van der Waals surface area (Å²) in [6, 6.07) is 12.4. The van der Waals surface area contributed by atoms with Crippen molar-refractivity contribution in [3.8, 4) is 0 Å². The molecule has 0 saturated carbocycles. The molecular weight excluding hydrogens is 381 g/mol. The van der Waals surface area contributed by atoms with Crippen LogP contribution in [-0.4, -0.2) is 17.0 Å². The van der Waals surface area contributed by atoms with E-state index in [0.717, 1.165) is 9.13 Å². The number of nitrogens with one attached hydrogen (secondary N) is 1. The van der Waals surface area contributed by atoms with Crippen molar-refractivity contribution >= 4 is 40.2 Å². The van der Waals surface area contributed by atoms with Crippen molar-refractivity contribution in [3.63, 3.8) is 0 Å². The molecule has 2 aromatic carbocycles. The number of carbonyl (C=O) groups excluding carboxylic acids is 1. The van der Waals surface area contributed by atoms with E-state index in [4.69, 9.17) is 5.11 Å². The second kappa shape index (κ2) is 6.71. The van der Waals surface area contributed by atoms with Gasteiger partial charge in [-0.25, -0.2) is 0 Å². The zero-order chi connectivity index (χ0) is 15.4. The van der Waals surface area contributed by atoms with Gasteiger partial charge >= 0.3 is 5.97 Å². The summed E-state index contributed by atoms with van der Waals surface area (Å²) >= 11 is 2.16. The highest BCUT2D eigenvalue weighted by Crippen LogP contribution is 2.18. The molecule has 2 N–H and O–H groups in total. The van der Waals surface area contributed by atoms with Crippen molar-refractivity contribution in [1.29, 1.82) is 0 Å². The number of halogens is 1. The predicted octanol–water partition coefficient (Wildman–Crippen LogP) is 3.48. The SMILES string of the molecule is Cc1cccc(C(=O)Nc2ccc(CC(=O)O)cc2)c1I. The van der Waals surface area contributed by atoms with Gasteiger partial charge in [0, 0.05) is 9.26 Å². The first-order valence-electron chi connectivity index (χ1n) is 6.34. The summed E-state index contributed by atoms with van der Waals surface area (Å²) in [4.78, 5) is 22.9. The van der Waals surface area contributed by atoms with Crippen LogP contribution in [0.4, 0.5) is 5.69 Å². The van der Waals surface area contributed by atoms with E-state index in [1.54, 1.807) is 30.3 Å². The molecule has 0 aromatic heterocycles. The third-order valence-electron chi connectivity index (χ3n) is 3.00. The minimum Gasteiger partial charge on any atom is -0.481 e. The van der Waals surface area contributed by atoms with Gasteiger partial charge in [0.2, 0.25) is 0 Å². The summed E-state index contributed by atoms with van der Waals surface area (Å²) in [5.41, 5.74) is 3.03. The fourth-order valence-electron chi connectivity index (χ4n) is 1.90. The maximum absolute atomic E-state index is 12.2. The fraction of sp³-hybridized carbons (Fsp3) is 0.125. The number of carbonyl (C=O) groups is 2. The van der Waals surface area contributed by atoms with Gasteiger partial charge in [0.15, 0.2) is 0 Å². The largest absolute Gasteiger partial charge is 0.481 e. The summed E-state index contributed by atoms with van der Waals surface area (Å²) in [5, 5.41) is 11.5. The normalized spacial score (nSPS) is 10.2. The molecule has 0 aliphatic rings. The molecule has 4 nitrogen and oxygen atoms in total. The minimum atomic E-state index is -0.874. The van der Waals surface area contributed by atoms with Gasteiger partial charge in [-0.05, 0) is 58.8 Å². The molecule has 2 rings (SSSR count). The topological polar surface area (TPSA) is 66.4 Å². The highest BCUT2D eigenvalue weighted by atomic mass is 127. The average Bonchev–Trinajstić information content (AvgIpc) is 2.43. The number of aryl methyl sites for hydroxylation is 1. The van der Waals surface area contributed by atoms with Crippen LogP contribution in [0.2, 0.25) is 0 Å². The third-order valence-corrected chi connectivity index (χ3v) is 4.44. The van der Waals surface area contributed by atoms with Gasteiger partial charge in [0.25, 0.3) is 5.91 Å². The smallest absolute Gasteiger partial charge is 0.307 e. The van der Waals surface area contributed by atoms with E-state index in [1.165, 1.54) is 0 Å². The molecule has 1 amide bonds. The standard InChI is InChI=1S/C16H14INO3/c1-10-3-2-4-13(15(10)17)16(21)18-12-7-5-11(6-8-12)9-14(19)20/h2-8H,9H2,1H3,(H,18,21)(H,19,20). The Morgan fingerprint density at radius 2 is 1.81 bits per heavy atom. The lowest BCUT2D eigenvalue weighted by atomic mass is 10.1. The van der Waals surface area contributed by atoms with Gasteiger partial charge in [0.1, 0.15) is 0 Å². The van der Waals surface area contributed by atoms with Crippen LogP contribution < -0.4 is 5.32 Å². The first-order valence-corrected chi connectivity index (χ1v) is 7.42. The third kappa shape index (κ3) is 4.04. The molecule has 0 bridgehead atoms. The van der Waals surface area contributed by atoms with Gasteiger partial charge in [-0.2, -0.15) is 0 Å². The van der Waals surface area contributed by atoms with Crippen molar-refractivity contribution in [3.05, 3.63) is 62.7 Å². The quantitative estimate of drug-likeness (QED) is 0.780. The fourth-order valence-corrected chi connectivity index (χ4v) is 2.51. The molecule has 0 heterocycles. The number of rotatable bonds is 4. The molecular formula is C16H14INO3. The number of hydrogen-bond donors (Lipinski definition) is 2. The molecule has 0 fully saturated rings. The van der Waals surface area contributed by atoms with Gasteiger partial charge in [-0.1, -0.05) is 24.3 Å². The number of hydrogen-bond acceptors (Lipinski definition) is 2. The Labute approximate surface area is 136 Å². The van der Waals surface area contributed by atoms with Crippen molar-refractivity contribution in [2.75, 3.05) is 5.32 Å². The van der Waals surface area contributed by atoms with Crippen molar-refractivity contribution in [1.82, 2.24) is 0 Å². The predicted molar refractivity (Wildman–Crippen MR) is 89.6 cm³/mol. The molecule has 0 radical (unpaired) electrons. The van der Waals surface area contributed by atoms with Crippen molar-refractivity contribution < 1.29 is 14.7 Å². The Kier molecular flexibility index (Phi) is 4.95. The summed E-state index contributed by atoms with van der Waals surface area (Å²) < 4.78 is 0.926. The van der Waals surface area contributed by atoms with E-state index in [1.807, 2.05) is 19.1 Å². The number of carboxylic acids is 1.